The highest BCUT2D eigenvalue weighted by Gasteiger charge is 2.34. The van der Waals surface area contributed by atoms with Gasteiger partial charge in [-0.1, -0.05) is 24.3 Å². The normalized spacial score (nSPS) is 13.8. The number of ether oxygens (including phenoxy) is 3. The lowest BCUT2D eigenvalue weighted by Crippen LogP contribution is -2.35. The van der Waals surface area contributed by atoms with Gasteiger partial charge in [0.2, 0.25) is 5.91 Å². The molecule has 0 aromatic heterocycles. The van der Waals surface area contributed by atoms with E-state index in [1.165, 1.54) is 0 Å². The van der Waals surface area contributed by atoms with E-state index in [4.69, 9.17) is 14.2 Å². The van der Waals surface area contributed by atoms with Crippen molar-refractivity contribution < 1.29 is 23.8 Å². The average molecular weight is 398 g/mol. The van der Waals surface area contributed by atoms with Crippen LogP contribution in [0.2, 0.25) is 0 Å². The van der Waals surface area contributed by atoms with Crippen molar-refractivity contribution in [2.24, 2.45) is 0 Å². The Kier molecular flexibility index (Phi) is 6.72. The lowest BCUT2D eigenvalue weighted by molar-refractivity contribution is -0.122. The summed E-state index contributed by atoms with van der Waals surface area (Å²) < 4.78 is 15.7. The Morgan fingerprint density at radius 1 is 1.10 bits per heavy atom. The largest absolute Gasteiger partial charge is 0.493 e. The molecule has 1 heterocycles. The zero-order chi connectivity index (χ0) is 20.8. The van der Waals surface area contributed by atoms with Crippen LogP contribution in [-0.4, -0.2) is 51.2 Å². The van der Waals surface area contributed by atoms with Crippen LogP contribution in [0.25, 0.3) is 0 Å². The average Bonchev–Trinajstić information content (AvgIpc) is 3.08. The van der Waals surface area contributed by atoms with Gasteiger partial charge in [-0.05, 0) is 29.3 Å². The summed E-state index contributed by atoms with van der Waals surface area (Å²) >= 11 is 0. The SMILES string of the molecule is COCCNC(=O)CC(c1ccc(OC)c(OC)c1)N1Cc2ccccc2C1=O. The highest BCUT2D eigenvalue weighted by Crippen LogP contribution is 2.37. The number of nitrogens with one attached hydrogen (secondary N) is 1. The van der Waals surface area contributed by atoms with Crippen molar-refractivity contribution in [2.45, 2.75) is 19.0 Å². The minimum atomic E-state index is -0.433. The van der Waals surface area contributed by atoms with Crippen LogP contribution in [0.15, 0.2) is 42.5 Å². The molecule has 2 amide bonds. The van der Waals surface area contributed by atoms with Gasteiger partial charge in [-0.25, -0.2) is 0 Å². The Labute approximate surface area is 170 Å². The fourth-order valence-electron chi connectivity index (χ4n) is 3.54. The third-order valence-electron chi connectivity index (χ3n) is 5.03. The van der Waals surface area contributed by atoms with E-state index in [1.807, 2.05) is 36.4 Å². The molecule has 0 aliphatic carbocycles. The maximum atomic E-state index is 13.0. The van der Waals surface area contributed by atoms with Crippen LogP contribution >= 0.6 is 0 Å². The number of carbonyl (C=O) groups is 2. The maximum Gasteiger partial charge on any atom is 0.255 e. The smallest absolute Gasteiger partial charge is 0.255 e. The first-order valence-corrected chi connectivity index (χ1v) is 9.45. The summed E-state index contributed by atoms with van der Waals surface area (Å²) in [6.45, 7) is 1.31. The summed E-state index contributed by atoms with van der Waals surface area (Å²) in [5.74, 6) is 0.921. The van der Waals surface area contributed by atoms with Crippen LogP contribution in [0.5, 0.6) is 11.5 Å². The molecular formula is C22H26N2O5. The first-order valence-electron chi connectivity index (χ1n) is 9.45. The van der Waals surface area contributed by atoms with Crippen molar-refractivity contribution in [1.29, 1.82) is 0 Å². The van der Waals surface area contributed by atoms with E-state index in [1.54, 1.807) is 32.3 Å². The summed E-state index contributed by atoms with van der Waals surface area (Å²) in [6.07, 6.45) is 0.138. The minimum Gasteiger partial charge on any atom is -0.493 e. The summed E-state index contributed by atoms with van der Waals surface area (Å²) in [6, 6.07) is 12.6. The predicted molar refractivity (Wildman–Crippen MR) is 108 cm³/mol. The van der Waals surface area contributed by atoms with Crippen molar-refractivity contribution in [1.82, 2.24) is 10.2 Å². The van der Waals surface area contributed by atoms with E-state index < -0.39 is 6.04 Å². The highest BCUT2D eigenvalue weighted by atomic mass is 16.5. The van der Waals surface area contributed by atoms with Gasteiger partial charge < -0.3 is 24.4 Å². The topological polar surface area (TPSA) is 77.1 Å². The van der Waals surface area contributed by atoms with Gasteiger partial charge in [-0.2, -0.15) is 0 Å². The second kappa shape index (κ2) is 9.43. The van der Waals surface area contributed by atoms with Gasteiger partial charge in [-0.15, -0.1) is 0 Å². The number of methoxy groups -OCH3 is 3. The molecule has 1 N–H and O–H groups in total. The Hall–Kier alpha value is -3.06. The fraction of sp³-hybridized carbons (Fsp3) is 0.364. The summed E-state index contributed by atoms with van der Waals surface area (Å²) in [4.78, 5) is 27.3. The van der Waals surface area contributed by atoms with E-state index in [2.05, 4.69) is 5.32 Å². The van der Waals surface area contributed by atoms with Crippen molar-refractivity contribution in [3.05, 3.63) is 59.2 Å². The van der Waals surface area contributed by atoms with E-state index in [0.717, 1.165) is 11.1 Å². The van der Waals surface area contributed by atoms with Crippen molar-refractivity contribution in [3.63, 3.8) is 0 Å². The number of rotatable bonds is 9. The first-order chi connectivity index (χ1) is 14.1. The second-order valence-corrected chi connectivity index (χ2v) is 6.77. The standard InChI is InChI=1S/C22H26N2O5/c1-27-11-10-23-21(25)13-18(15-8-9-19(28-2)20(12-15)29-3)24-14-16-6-4-5-7-17(16)22(24)26/h4-9,12,18H,10-11,13-14H2,1-3H3,(H,23,25). The number of amides is 2. The number of carbonyl (C=O) groups excluding carboxylic acids is 2. The molecule has 0 saturated heterocycles. The molecule has 3 rings (SSSR count). The number of nitrogens with zero attached hydrogens (tertiary/aromatic N) is 1. The summed E-state index contributed by atoms with van der Waals surface area (Å²) in [7, 11) is 4.71. The Balaban J connectivity index is 1.91. The second-order valence-electron chi connectivity index (χ2n) is 6.77. The van der Waals surface area contributed by atoms with Crippen molar-refractivity contribution in [3.8, 4) is 11.5 Å². The third kappa shape index (κ3) is 4.51. The van der Waals surface area contributed by atoms with Gasteiger partial charge in [0.25, 0.3) is 5.91 Å². The van der Waals surface area contributed by atoms with Crippen LogP contribution in [-0.2, 0) is 16.1 Å². The molecule has 0 bridgehead atoms. The summed E-state index contributed by atoms with van der Waals surface area (Å²) in [5.41, 5.74) is 2.45. The van der Waals surface area contributed by atoms with Gasteiger partial charge in [0.15, 0.2) is 11.5 Å². The molecule has 1 aliphatic heterocycles. The summed E-state index contributed by atoms with van der Waals surface area (Å²) in [5, 5.41) is 2.84. The quantitative estimate of drug-likeness (QED) is 0.657. The molecule has 1 unspecified atom stereocenters. The van der Waals surface area contributed by atoms with Crippen molar-refractivity contribution in [2.75, 3.05) is 34.5 Å². The zero-order valence-corrected chi connectivity index (χ0v) is 16.9. The van der Waals surface area contributed by atoms with Gasteiger partial charge in [0.1, 0.15) is 0 Å². The monoisotopic (exact) mass is 398 g/mol. The molecule has 2 aromatic rings. The molecule has 0 fully saturated rings. The highest BCUT2D eigenvalue weighted by molar-refractivity contribution is 5.98. The number of hydrogen-bond acceptors (Lipinski definition) is 5. The van der Waals surface area contributed by atoms with Gasteiger partial charge in [-0.3, -0.25) is 9.59 Å². The van der Waals surface area contributed by atoms with E-state index in [0.29, 0.717) is 36.8 Å². The van der Waals surface area contributed by atoms with Crippen LogP contribution in [0.4, 0.5) is 0 Å². The lowest BCUT2D eigenvalue weighted by atomic mass is 10.0. The molecule has 29 heavy (non-hydrogen) atoms. The van der Waals surface area contributed by atoms with Crippen LogP contribution in [0.1, 0.15) is 33.9 Å². The van der Waals surface area contributed by atoms with Gasteiger partial charge >= 0.3 is 0 Å². The molecule has 2 aromatic carbocycles. The number of benzene rings is 2. The Bertz CT molecular complexity index is 883. The van der Waals surface area contributed by atoms with Crippen LogP contribution in [0.3, 0.4) is 0 Å². The zero-order valence-electron chi connectivity index (χ0n) is 16.9. The molecule has 1 atom stereocenters. The number of hydrogen-bond donors (Lipinski definition) is 1. The molecule has 0 saturated carbocycles. The molecular weight excluding hydrogens is 372 g/mol. The van der Waals surface area contributed by atoms with E-state index in [9.17, 15) is 9.59 Å². The Morgan fingerprint density at radius 2 is 1.86 bits per heavy atom. The molecule has 7 nitrogen and oxygen atoms in total. The predicted octanol–water partition coefficient (Wildman–Crippen LogP) is 2.55. The fourth-order valence-corrected chi connectivity index (χ4v) is 3.54. The molecule has 7 heteroatoms. The van der Waals surface area contributed by atoms with Crippen molar-refractivity contribution >= 4 is 11.8 Å². The molecule has 0 spiro atoms. The lowest BCUT2D eigenvalue weighted by Gasteiger charge is -2.28. The van der Waals surface area contributed by atoms with Gasteiger partial charge in [0, 0.05) is 25.8 Å². The first kappa shape index (κ1) is 20.7. The molecule has 154 valence electrons. The van der Waals surface area contributed by atoms with Crippen LogP contribution < -0.4 is 14.8 Å². The Morgan fingerprint density at radius 3 is 2.55 bits per heavy atom. The van der Waals surface area contributed by atoms with E-state index >= 15 is 0 Å². The van der Waals surface area contributed by atoms with Gasteiger partial charge in [0.05, 0.1) is 33.3 Å². The maximum absolute atomic E-state index is 13.0. The van der Waals surface area contributed by atoms with Crippen LogP contribution in [0, 0.1) is 0 Å². The molecule has 0 radical (unpaired) electrons. The van der Waals surface area contributed by atoms with E-state index in [-0.39, 0.29) is 18.2 Å². The number of fused-ring (bicyclic) bond motifs is 1. The third-order valence-corrected chi connectivity index (χ3v) is 5.03. The minimum absolute atomic E-state index is 0.0786. The molecule has 1 aliphatic rings.